The number of ether oxygens (including phenoxy) is 1. The minimum Gasteiger partial charge on any atom is -0.494 e. The summed E-state index contributed by atoms with van der Waals surface area (Å²) in [6, 6.07) is 8.24. The number of likely N-dealkylation sites (tertiary alicyclic amines) is 2. The third-order valence-corrected chi connectivity index (χ3v) is 8.27. The number of methoxy groups -OCH3 is 1. The zero-order valence-electron chi connectivity index (χ0n) is 24.1. The number of anilines is 2. The fourth-order valence-corrected chi connectivity index (χ4v) is 5.60. The molecule has 2 fully saturated rings. The summed E-state index contributed by atoms with van der Waals surface area (Å²) in [6.07, 6.45) is 7.09. The number of nitrogens with zero attached hydrogens (tertiary/aromatic N) is 5. The minimum atomic E-state index is -1.07. The van der Waals surface area contributed by atoms with Crippen LogP contribution in [0.4, 0.5) is 20.3 Å². The van der Waals surface area contributed by atoms with E-state index in [4.69, 9.17) is 4.74 Å². The molecule has 224 valence electrons. The second-order valence-corrected chi connectivity index (χ2v) is 10.9. The number of imidazole rings is 1. The Kier molecular flexibility index (Phi) is 7.94. The second kappa shape index (κ2) is 12.0. The Balaban J connectivity index is 1.13. The van der Waals surface area contributed by atoms with Crippen LogP contribution in [0.3, 0.4) is 0 Å². The lowest BCUT2D eigenvalue weighted by Crippen LogP contribution is -2.48. The fourth-order valence-electron chi connectivity index (χ4n) is 5.60. The molecule has 0 aliphatic carbocycles. The number of carbonyl (C=O) groups is 2. The molecule has 0 spiro atoms. The highest BCUT2D eigenvalue weighted by Crippen LogP contribution is 2.32. The number of aryl methyl sites for hydroxylation is 1. The quantitative estimate of drug-likeness (QED) is 0.315. The van der Waals surface area contributed by atoms with E-state index in [2.05, 4.69) is 25.5 Å². The van der Waals surface area contributed by atoms with E-state index in [0.29, 0.717) is 61.0 Å². The van der Waals surface area contributed by atoms with Crippen LogP contribution in [0.5, 0.6) is 5.75 Å². The Bertz CT molecular complexity index is 1680. The summed E-state index contributed by atoms with van der Waals surface area (Å²) in [4.78, 5) is 38.7. The SMILES string of the molecule is COc1ccc(-c2cnc3c(Nc4ccc(C(=O)N5CCC(C(=O)NCN6CCC6)CC5)c(C)c4)nccn23)c(F)c1F. The van der Waals surface area contributed by atoms with Crippen LogP contribution in [-0.4, -0.2) is 75.9 Å². The molecule has 2 aromatic heterocycles. The highest BCUT2D eigenvalue weighted by Gasteiger charge is 2.29. The van der Waals surface area contributed by atoms with Gasteiger partial charge >= 0.3 is 0 Å². The summed E-state index contributed by atoms with van der Waals surface area (Å²) in [5.74, 6) is -1.93. The maximum Gasteiger partial charge on any atom is 0.254 e. The number of halogens is 2. The third kappa shape index (κ3) is 5.62. The number of piperidine rings is 1. The first kappa shape index (κ1) is 28.5. The van der Waals surface area contributed by atoms with Gasteiger partial charge in [0.25, 0.3) is 5.91 Å². The molecule has 2 amide bonds. The average molecular weight is 590 g/mol. The fraction of sp³-hybridized carbons (Fsp3) is 0.355. The van der Waals surface area contributed by atoms with E-state index in [0.717, 1.165) is 18.7 Å². The lowest BCUT2D eigenvalue weighted by Gasteiger charge is -2.34. The molecule has 0 atom stereocenters. The average Bonchev–Trinajstić information content (AvgIpc) is 3.42. The maximum atomic E-state index is 14.8. The topological polar surface area (TPSA) is 104 Å². The molecule has 4 aromatic rings. The van der Waals surface area contributed by atoms with E-state index in [9.17, 15) is 18.4 Å². The number of benzene rings is 2. The van der Waals surface area contributed by atoms with Gasteiger partial charge in [-0.3, -0.25) is 18.9 Å². The number of aromatic nitrogens is 3. The summed E-state index contributed by atoms with van der Waals surface area (Å²) in [6.45, 7) is 5.61. The molecule has 0 bridgehead atoms. The molecule has 0 saturated carbocycles. The predicted molar refractivity (Wildman–Crippen MR) is 157 cm³/mol. The molecule has 0 radical (unpaired) electrons. The highest BCUT2D eigenvalue weighted by atomic mass is 19.2. The van der Waals surface area contributed by atoms with Crippen LogP contribution in [0.1, 0.15) is 35.2 Å². The first-order valence-electron chi connectivity index (χ1n) is 14.4. The van der Waals surface area contributed by atoms with Crippen LogP contribution < -0.4 is 15.4 Å². The summed E-state index contributed by atoms with van der Waals surface area (Å²) in [5, 5.41) is 6.26. The zero-order chi connectivity index (χ0) is 30.1. The molecular formula is C31H33F2N7O3. The van der Waals surface area contributed by atoms with Gasteiger partial charge in [-0.1, -0.05) is 0 Å². The van der Waals surface area contributed by atoms with E-state index in [1.807, 2.05) is 17.9 Å². The van der Waals surface area contributed by atoms with Gasteiger partial charge in [0.15, 0.2) is 23.0 Å². The lowest BCUT2D eigenvalue weighted by atomic mass is 9.95. The molecule has 2 N–H and O–H groups in total. The standard InChI is InChI=1S/C31H33F2N7O3/c1-19-16-21(4-5-22(19)31(42)39-13-8-20(9-14-39)30(41)36-18-38-11-3-12-38)37-28-29-35-17-24(40(29)15-10-34-28)23-6-7-25(43-2)27(33)26(23)32/h4-7,10,15-17,20H,3,8-9,11-14,18H2,1-2H3,(H,34,37)(H,36,41). The van der Waals surface area contributed by atoms with Crippen molar-refractivity contribution in [1.82, 2.24) is 29.5 Å². The van der Waals surface area contributed by atoms with Crippen molar-refractivity contribution in [2.45, 2.75) is 26.2 Å². The normalized spacial score (nSPS) is 15.8. The zero-order valence-corrected chi connectivity index (χ0v) is 24.1. The van der Waals surface area contributed by atoms with E-state index in [-0.39, 0.29) is 29.0 Å². The molecule has 2 saturated heterocycles. The van der Waals surface area contributed by atoms with Gasteiger partial charge < -0.3 is 20.3 Å². The van der Waals surface area contributed by atoms with Crippen LogP contribution in [0.2, 0.25) is 0 Å². The van der Waals surface area contributed by atoms with Gasteiger partial charge in [0.2, 0.25) is 11.7 Å². The van der Waals surface area contributed by atoms with Crippen LogP contribution in [0.15, 0.2) is 48.9 Å². The highest BCUT2D eigenvalue weighted by molar-refractivity contribution is 5.96. The molecule has 43 heavy (non-hydrogen) atoms. The monoisotopic (exact) mass is 589 g/mol. The third-order valence-electron chi connectivity index (χ3n) is 8.27. The van der Waals surface area contributed by atoms with Crippen molar-refractivity contribution in [2.75, 3.05) is 45.3 Å². The number of fused-ring (bicyclic) bond motifs is 1. The van der Waals surface area contributed by atoms with Crippen molar-refractivity contribution in [2.24, 2.45) is 5.92 Å². The number of hydrogen-bond acceptors (Lipinski definition) is 7. The van der Waals surface area contributed by atoms with Crippen molar-refractivity contribution in [3.05, 3.63) is 71.7 Å². The minimum absolute atomic E-state index is 0.0398. The molecule has 4 heterocycles. The molecular weight excluding hydrogens is 556 g/mol. The Hall–Kier alpha value is -4.58. The number of amides is 2. The Morgan fingerprint density at radius 3 is 2.53 bits per heavy atom. The predicted octanol–water partition coefficient (Wildman–Crippen LogP) is 4.37. The van der Waals surface area contributed by atoms with Gasteiger partial charge in [-0.2, -0.15) is 4.39 Å². The Morgan fingerprint density at radius 2 is 1.84 bits per heavy atom. The first-order valence-corrected chi connectivity index (χ1v) is 14.4. The summed E-state index contributed by atoms with van der Waals surface area (Å²) in [5.41, 5.74) is 2.89. The number of hydrogen-bond donors (Lipinski definition) is 2. The van der Waals surface area contributed by atoms with Crippen molar-refractivity contribution < 1.29 is 23.1 Å². The molecule has 6 rings (SSSR count). The van der Waals surface area contributed by atoms with Gasteiger partial charge in [0, 0.05) is 61.3 Å². The van der Waals surface area contributed by atoms with Crippen LogP contribution in [0.25, 0.3) is 16.9 Å². The van der Waals surface area contributed by atoms with E-state index >= 15 is 0 Å². The Labute approximate surface area is 247 Å². The maximum absolute atomic E-state index is 14.8. The number of rotatable bonds is 8. The van der Waals surface area contributed by atoms with Gasteiger partial charge in [0.1, 0.15) is 0 Å². The summed E-state index contributed by atoms with van der Waals surface area (Å²) >= 11 is 0. The first-order chi connectivity index (χ1) is 20.8. The molecule has 12 heteroatoms. The summed E-state index contributed by atoms with van der Waals surface area (Å²) in [7, 11) is 1.28. The van der Waals surface area contributed by atoms with Crippen LogP contribution >= 0.6 is 0 Å². The molecule has 2 aromatic carbocycles. The summed E-state index contributed by atoms with van der Waals surface area (Å²) < 4.78 is 35.7. The van der Waals surface area contributed by atoms with Gasteiger partial charge in [-0.25, -0.2) is 14.4 Å². The number of carbonyl (C=O) groups excluding carboxylic acids is 2. The largest absolute Gasteiger partial charge is 0.494 e. The van der Waals surface area contributed by atoms with Crippen LogP contribution in [-0.2, 0) is 4.79 Å². The lowest BCUT2D eigenvalue weighted by molar-refractivity contribution is -0.127. The van der Waals surface area contributed by atoms with Gasteiger partial charge in [0.05, 0.1) is 25.7 Å². The van der Waals surface area contributed by atoms with Crippen molar-refractivity contribution in [3.63, 3.8) is 0 Å². The van der Waals surface area contributed by atoms with E-state index in [1.165, 1.54) is 38.1 Å². The van der Waals surface area contributed by atoms with Crippen molar-refractivity contribution in [1.29, 1.82) is 0 Å². The van der Waals surface area contributed by atoms with Gasteiger partial charge in [-0.15, -0.1) is 0 Å². The van der Waals surface area contributed by atoms with E-state index < -0.39 is 11.6 Å². The smallest absolute Gasteiger partial charge is 0.254 e. The molecule has 2 aliphatic heterocycles. The van der Waals surface area contributed by atoms with Crippen molar-refractivity contribution in [3.8, 4) is 17.0 Å². The second-order valence-electron chi connectivity index (χ2n) is 10.9. The molecule has 2 aliphatic rings. The Morgan fingerprint density at radius 1 is 1.05 bits per heavy atom. The van der Waals surface area contributed by atoms with Gasteiger partial charge in [-0.05, 0) is 62.1 Å². The van der Waals surface area contributed by atoms with Crippen molar-refractivity contribution >= 4 is 29.0 Å². The molecule has 10 nitrogen and oxygen atoms in total. The van der Waals surface area contributed by atoms with E-state index in [1.54, 1.807) is 22.7 Å². The number of nitrogens with one attached hydrogen (secondary N) is 2. The van der Waals surface area contributed by atoms with Crippen LogP contribution in [0, 0.1) is 24.5 Å². The molecule has 0 unspecified atom stereocenters.